The minimum Gasteiger partial charge on any atom is -0.463 e. The largest absolute Gasteiger partial charge is 0.463 e. The molecule has 0 saturated heterocycles. The molecule has 3 heterocycles. The van der Waals surface area contributed by atoms with Crippen molar-refractivity contribution in [2.24, 2.45) is 0 Å². The topological polar surface area (TPSA) is 113 Å². The Morgan fingerprint density at radius 2 is 1.35 bits per heavy atom. The summed E-state index contributed by atoms with van der Waals surface area (Å²) >= 11 is 6.16. The van der Waals surface area contributed by atoms with Crippen LogP contribution in [0.1, 0.15) is 55.4 Å². The Labute approximate surface area is 252 Å². The smallest absolute Gasteiger partial charge is 0.418 e. The van der Waals surface area contributed by atoms with Crippen LogP contribution < -0.4 is 0 Å². The monoisotopic (exact) mass is 686 g/mol. The van der Waals surface area contributed by atoms with Crippen molar-refractivity contribution in [1.82, 2.24) is 9.47 Å². The second kappa shape index (κ2) is 15.7. The van der Waals surface area contributed by atoms with Gasteiger partial charge in [0.25, 0.3) is 0 Å². The van der Waals surface area contributed by atoms with E-state index in [0.717, 1.165) is 0 Å². The third-order valence-electron chi connectivity index (χ3n) is 4.62. The number of halogens is 2. The maximum absolute atomic E-state index is 12.3. The number of hydrogen-bond donors (Lipinski definition) is 0. The zero-order valence-corrected chi connectivity index (χ0v) is 27.1. The van der Waals surface area contributed by atoms with Crippen LogP contribution >= 0.6 is 31.9 Å². The number of carbonyl (C=O) groups excluding carboxylic acids is 4. The van der Waals surface area contributed by atoms with E-state index in [0.29, 0.717) is 23.3 Å². The highest BCUT2D eigenvalue weighted by Crippen LogP contribution is 2.41. The molecule has 2 unspecified atom stereocenters. The van der Waals surface area contributed by atoms with Gasteiger partial charge in [0, 0.05) is 38.7 Å². The Morgan fingerprint density at radius 3 is 1.82 bits per heavy atom. The van der Waals surface area contributed by atoms with E-state index in [1.165, 1.54) is 4.57 Å². The van der Waals surface area contributed by atoms with E-state index in [9.17, 15) is 19.2 Å². The highest BCUT2D eigenvalue weighted by Gasteiger charge is 2.48. The highest BCUT2D eigenvalue weighted by atomic mass is 79.9. The number of rotatable bonds is 3. The molecular weight excluding hydrogens is 652 g/mol. The molecule has 0 N–H and O–H groups in total. The van der Waals surface area contributed by atoms with Gasteiger partial charge in [-0.05, 0) is 72.4 Å². The van der Waals surface area contributed by atoms with Crippen molar-refractivity contribution in [2.45, 2.75) is 78.7 Å². The lowest BCUT2D eigenvalue weighted by Crippen LogP contribution is -2.42. The normalized spacial score (nSPS) is 16.9. The van der Waals surface area contributed by atoms with Gasteiger partial charge >= 0.3 is 24.1 Å². The molecule has 0 fully saturated rings. The van der Waals surface area contributed by atoms with Gasteiger partial charge in [-0.3, -0.25) is 9.47 Å². The van der Waals surface area contributed by atoms with Crippen molar-refractivity contribution in [3.05, 3.63) is 46.7 Å². The van der Waals surface area contributed by atoms with Gasteiger partial charge in [-0.1, -0.05) is 28.1 Å². The fourth-order valence-corrected chi connectivity index (χ4v) is 4.19. The van der Waals surface area contributed by atoms with Crippen LogP contribution in [-0.2, 0) is 28.5 Å². The summed E-state index contributed by atoms with van der Waals surface area (Å²) in [6.45, 7) is 15.1. The molecule has 2 bridgehead atoms. The predicted octanol–water partition coefficient (Wildman–Crippen LogP) is 5.93. The van der Waals surface area contributed by atoms with Crippen LogP contribution in [0.5, 0.6) is 0 Å². The lowest BCUT2D eigenvalue weighted by Gasteiger charge is -2.28. The highest BCUT2D eigenvalue weighted by molar-refractivity contribution is 9.12. The van der Waals surface area contributed by atoms with Gasteiger partial charge < -0.3 is 18.9 Å². The van der Waals surface area contributed by atoms with E-state index in [1.54, 1.807) is 43.3 Å². The molecule has 3 rings (SSSR count). The summed E-state index contributed by atoms with van der Waals surface area (Å²) in [6, 6.07) is 2.87. The number of amides is 1. The van der Waals surface area contributed by atoms with E-state index in [-0.39, 0.29) is 12.1 Å². The van der Waals surface area contributed by atoms with Gasteiger partial charge in [0.1, 0.15) is 11.2 Å². The first-order valence-corrected chi connectivity index (χ1v) is 14.1. The number of ether oxygens (including phenoxy) is 4. The van der Waals surface area contributed by atoms with Gasteiger partial charge in [-0.15, -0.1) is 0 Å². The van der Waals surface area contributed by atoms with Gasteiger partial charge in [0.2, 0.25) is 0 Å². The molecule has 10 nitrogen and oxygen atoms in total. The second-order valence-electron chi connectivity index (χ2n) is 10.2. The fraction of sp³-hybridized carbons (Fsp3) is 0.500. The van der Waals surface area contributed by atoms with Crippen LogP contribution in [-0.4, -0.2) is 70.1 Å². The van der Waals surface area contributed by atoms with Crippen molar-refractivity contribution < 1.29 is 38.1 Å². The SMILES string of the molecule is CC(C)(C)OC(=O)n1cccc1.CCOC(=O)C#CBr.CCOC(=O)C1=C(Br)C2C=CC1N2C(=O)OC(C)(C)C. The van der Waals surface area contributed by atoms with Crippen LogP contribution in [0.2, 0.25) is 0 Å². The molecule has 1 aromatic heterocycles. The Kier molecular flexibility index (Phi) is 13.7. The third-order valence-corrected chi connectivity index (χ3v) is 5.72. The van der Waals surface area contributed by atoms with Crippen molar-refractivity contribution in [3.8, 4) is 10.8 Å². The summed E-state index contributed by atoms with van der Waals surface area (Å²) in [5.74, 6) is 1.26. The molecule has 40 heavy (non-hydrogen) atoms. The average Bonchev–Trinajstić information content (AvgIpc) is 3.54. The molecule has 0 aromatic carbocycles. The number of esters is 2. The van der Waals surface area contributed by atoms with E-state index >= 15 is 0 Å². The van der Waals surface area contributed by atoms with Crippen LogP contribution in [0.3, 0.4) is 0 Å². The number of nitrogens with zero attached hydrogens (tertiary/aromatic N) is 2. The van der Waals surface area contributed by atoms with Crippen molar-refractivity contribution >= 4 is 56.0 Å². The Hall–Kier alpha value is -3.04. The lowest BCUT2D eigenvalue weighted by atomic mass is 10.1. The van der Waals surface area contributed by atoms with Gasteiger partial charge in [-0.2, -0.15) is 0 Å². The number of fused-ring (bicyclic) bond motifs is 2. The summed E-state index contributed by atoms with van der Waals surface area (Å²) in [7, 11) is 0. The molecule has 2 aliphatic rings. The average molecular weight is 688 g/mol. The fourth-order valence-electron chi connectivity index (χ4n) is 3.26. The molecule has 220 valence electrons. The number of hydrogen-bond acceptors (Lipinski definition) is 8. The summed E-state index contributed by atoms with van der Waals surface area (Å²) in [5, 5.41) is 0. The lowest BCUT2D eigenvalue weighted by molar-refractivity contribution is -0.139. The summed E-state index contributed by atoms with van der Waals surface area (Å²) in [5.41, 5.74) is -0.526. The second-order valence-corrected chi connectivity index (χ2v) is 11.4. The number of aromatic nitrogens is 1. The molecule has 2 atom stereocenters. The van der Waals surface area contributed by atoms with E-state index < -0.39 is 35.3 Å². The molecule has 12 heteroatoms. The molecule has 0 saturated carbocycles. The van der Waals surface area contributed by atoms with E-state index in [2.05, 4.69) is 47.3 Å². The standard InChI is InChI=1S/C14H18BrNO4.C9H13NO2.C5H5BrO2/c1-5-19-12(17)10-8-6-7-9(11(10)15)16(8)13(18)20-14(2,3)4;1-9(2,3)12-8(11)10-6-4-5-7-10;1-2-8-5(7)3-4-6/h6-9H,5H2,1-4H3;4-7H,1-3H3;2H2,1H3. The van der Waals surface area contributed by atoms with Crippen LogP contribution in [0.4, 0.5) is 9.59 Å². The first-order valence-electron chi connectivity index (χ1n) is 12.5. The third kappa shape index (κ3) is 11.2. The zero-order valence-electron chi connectivity index (χ0n) is 23.9. The van der Waals surface area contributed by atoms with Gasteiger partial charge in [-0.25, -0.2) is 19.2 Å². The molecule has 0 aliphatic carbocycles. The van der Waals surface area contributed by atoms with Crippen molar-refractivity contribution in [3.63, 3.8) is 0 Å². The Bertz CT molecular complexity index is 1170. The summed E-state index contributed by atoms with van der Waals surface area (Å²) < 4.78 is 22.1. The molecule has 0 radical (unpaired) electrons. The van der Waals surface area contributed by atoms with Crippen LogP contribution in [0.15, 0.2) is 46.7 Å². The van der Waals surface area contributed by atoms with Gasteiger partial charge in [0.15, 0.2) is 0 Å². The minimum absolute atomic E-state index is 0.283. The Balaban J connectivity index is 0.000000339. The molecular formula is C28H36Br2N2O8. The molecule has 2 aliphatic heterocycles. The minimum atomic E-state index is -0.574. The Morgan fingerprint density at radius 1 is 0.850 bits per heavy atom. The van der Waals surface area contributed by atoms with Gasteiger partial charge in [0.05, 0.1) is 30.9 Å². The first-order chi connectivity index (χ1) is 18.6. The van der Waals surface area contributed by atoms with E-state index in [4.69, 9.17) is 14.2 Å². The number of carbonyl (C=O) groups is 4. The zero-order chi connectivity index (χ0) is 30.7. The first kappa shape index (κ1) is 35.0. The van der Waals surface area contributed by atoms with Crippen molar-refractivity contribution in [2.75, 3.05) is 13.2 Å². The molecule has 1 aromatic rings. The maximum Gasteiger partial charge on any atom is 0.418 e. The quantitative estimate of drug-likeness (QED) is 0.166. The summed E-state index contributed by atoms with van der Waals surface area (Å²) in [6.07, 6.45) is 6.25. The molecule has 0 spiro atoms. The van der Waals surface area contributed by atoms with Crippen molar-refractivity contribution in [1.29, 1.82) is 0 Å². The maximum atomic E-state index is 12.3. The van der Waals surface area contributed by atoms with Crippen LogP contribution in [0, 0.1) is 10.8 Å². The predicted molar refractivity (Wildman–Crippen MR) is 157 cm³/mol. The summed E-state index contributed by atoms with van der Waals surface area (Å²) in [4.78, 5) is 49.5. The van der Waals surface area contributed by atoms with Crippen LogP contribution in [0.25, 0.3) is 0 Å². The van der Waals surface area contributed by atoms with E-state index in [1.807, 2.05) is 53.7 Å². The molecule has 1 amide bonds.